The van der Waals surface area contributed by atoms with Crippen LogP contribution in [0.5, 0.6) is 5.75 Å². The van der Waals surface area contributed by atoms with Crippen LogP contribution in [-0.4, -0.2) is 24.4 Å². The second-order valence-electron chi connectivity index (χ2n) is 4.95. The van der Waals surface area contributed by atoms with E-state index in [4.69, 9.17) is 4.74 Å². The molecule has 0 amide bonds. The Hall–Kier alpha value is -0.580. The van der Waals surface area contributed by atoms with Crippen LogP contribution in [0.25, 0.3) is 0 Å². The molecule has 1 rings (SSSR count). The first-order chi connectivity index (χ1) is 8.49. The van der Waals surface area contributed by atoms with E-state index in [1.54, 1.807) is 6.92 Å². The summed E-state index contributed by atoms with van der Waals surface area (Å²) in [6, 6.07) is 6.01. The van der Waals surface area contributed by atoms with Crippen molar-refractivity contribution in [2.45, 2.75) is 33.4 Å². The molecular formula is C14H22BrNO2. The third-order valence-electron chi connectivity index (χ3n) is 2.36. The molecule has 0 spiro atoms. The fraction of sp³-hybridized carbons (Fsp3) is 0.571. The van der Waals surface area contributed by atoms with Crippen molar-refractivity contribution in [3.05, 3.63) is 28.2 Å². The standard InChI is InChI=1S/C14H22BrNO2/c1-10(2)7-16-8-12-4-5-14(13(15)6-12)18-9-11(3)17/h4-6,10-11,16-17H,7-9H2,1-3H3. The zero-order valence-electron chi connectivity index (χ0n) is 11.2. The van der Waals surface area contributed by atoms with Crippen molar-refractivity contribution >= 4 is 15.9 Å². The summed E-state index contributed by atoms with van der Waals surface area (Å²) < 4.78 is 6.40. The van der Waals surface area contributed by atoms with Gasteiger partial charge in [0, 0.05) is 6.54 Å². The van der Waals surface area contributed by atoms with Crippen LogP contribution in [0.2, 0.25) is 0 Å². The molecule has 0 saturated heterocycles. The minimum atomic E-state index is -0.454. The van der Waals surface area contributed by atoms with Gasteiger partial charge in [0.2, 0.25) is 0 Å². The van der Waals surface area contributed by atoms with Gasteiger partial charge >= 0.3 is 0 Å². The third kappa shape index (κ3) is 5.85. The Labute approximate surface area is 118 Å². The average molecular weight is 316 g/mol. The molecule has 2 N–H and O–H groups in total. The van der Waals surface area contributed by atoms with Gasteiger partial charge < -0.3 is 15.2 Å². The first kappa shape index (κ1) is 15.5. The molecule has 102 valence electrons. The molecule has 0 bridgehead atoms. The van der Waals surface area contributed by atoms with Gasteiger partial charge in [0.1, 0.15) is 12.4 Å². The lowest BCUT2D eigenvalue weighted by atomic mass is 10.2. The number of rotatable bonds is 7. The Morgan fingerprint density at radius 1 is 1.33 bits per heavy atom. The lowest BCUT2D eigenvalue weighted by molar-refractivity contribution is 0.122. The van der Waals surface area contributed by atoms with Crippen LogP contribution in [0.4, 0.5) is 0 Å². The molecule has 0 saturated carbocycles. The SMILES string of the molecule is CC(C)CNCc1ccc(OCC(C)O)c(Br)c1. The highest BCUT2D eigenvalue weighted by Crippen LogP contribution is 2.26. The van der Waals surface area contributed by atoms with E-state index in [0.29, 0.717) is 12.5 Å². The lowest BCUT2D eigenvalue weighted by Crippen LogP contribution is -2.19. The van der Waals surface area contributed by atoms with Crippen LogP contribution in [-0.2, 0) is 6.54 Å². The summed E-state index contributed by atoms with van der Waals surface area (Å²) in [6.45, 7) is 8.26. The van der Waals surface area contributed by atoms with Crippen LogP contribution in [0.3, 0.4) is 0 Å². The summed E-state index contributed by atoms with van der Waals surface area (Å²) in [5.74, 6) is 1.42. The Balaban J connectivity index is 2.51. The minimum absolute atomic E-state index is 0.309. The van der Waals surface area contributed by atoms with E-state index in [9.17, 15) is 5.11 Å². The van der Waals surface area contributed by atoms with Crippen molar-refractivity contribution in [3.8, 4) is 5.75 Å². The number of aliphatic hydroxyl groups is 1. The lowest BCUT2D eigenvalue weighted by Gasteiger charge is -2.12. The molecule has 4 heteroatoms. The molecule has 0 aliphatic carbocycles. The summed E-state index contributed by atoms with van der Waals surface area (Å²) in [6.07, 6.45) is -0.454. The summed E-state index contributed by atoms with van der Waals surface area (Å²) in [5, 5.41) is 12.6. The van der Waals surface area contributed by atoms with E-state index >= 15 is 0 Å². The van der Waals surface area contributed by atoms with E-state index < -0.39 is 6.10 Å². The second-order valence-corrected chi connectivity index (χ2v) is 5.80. The number of hydrogen-bond donors (Lipinski definition) is 2. The first-order valence-corrected chi connectivity index (χ1v) is 7.08. The first-order valence-electron chi connectivity index (χ1n) is 6.29. The van der Waals surface area contributed by atoms with E-state index in [-0.39, 0.29) is 0 Å². The molecule has 3 nitrogen and oxygen atoms in total. The van der Waals surface area contributed by atoms with Crippen molar-refractivity contribution < 1.29 is 9.84 Å². The number of benzene rings is 1. The van der Waals surface area contributed by atoms with Gasteiger partial charge in [-0.15, -0.1) is 0 Å². The highest BCUT2D eigenvalue weighted by molar-refractivity contribution is 9.10. The number of hydrogen-bond acceptors (Lipinski definition) is 3. The molecule has 1 unspecified atom stereocenters. The molecule has 0 heterocycles. The maximum absolute atomic E-state index is 9.18. The molecule has 1 atom stereocenters. The Morgan fingerprint density at radius 3 is 2.61 bits per heavy atom. The quantitative estimate of drug-likeness (QED) is 0.813. The van der Waals surface area contributed by atoms with Gasteiger partial charge in [-0.2, -0.15) is 0 Å². The fourth-order valence-corrected chi connectivity index (χ4v) is 2.03. The molecule has 0 aromatic heterocycles. The molecule has 0 radical (unpaired) electrons. The van der Waals surface area contributed by atoms with Crippen LogP contribution < -0.4 is 10.1 Å². The summed E-state index contributed by atoms with van der Waals surface area (Å²) >= 11 is 3.48. The predicted octanol–water partition coefficient (Wildman–Crippen LogP) is 2.95. The van der Waals surface area contributed by atoms with Gasteiger partial charge in [-0.05, 0) is 53.0 Å². The summed E-state index contributed by atoms with van der Waals surface area (Å²) in [7, 11) is 0. The number of ether oxygens (including phenoxy) is 1. The largest absolute Gasteiger partial charge is 0.490 e. The van der Waals surface area contributed by atoms with E-state index in [1.807, 2.05) is 18.2 Å². The molecule has 0 fully saturated rings. The highest BCUT2D eigenvalue weighted by atomic mass is 79.9. The van der Waals surface area contributed by atoms with Gasteiger partial charge in [0.25, 0.3) is 0 Å². The smallest absolute Gasteiger partial charge is 0.133 e. The Kier molecular flexibility index (Phi) is 6.68. The Bertz CT molecular complexity index is 367. The average Bonchev–Trinajstić information content (AvgIpc) is 2.27. The summed E-state index contributed by atoms with van der Waals surface area (Å²) in [4.78, 5) is 0. The number of halogens is 1. The highest BCUT2D eigenvalue weighted by Gasteiger charge is 2.04. The normalized spacial score (nSPS) is 12.8. The van der Waals surface area contributed by atoms with Gasteiger partial charge in [-0.25, -0.2) is 0 Å². The zero-order valence-corrected chi connectivity index (χ0v) is 12.8. The molecule has 0 aliphatic rings. The van der Waals surface area contributed by atoms with Crippen molar-refractivity contribution in [1.82, 2.24) is 5.32 Å². The number of nitrogens with one attached hydrogen (secondary N) is 1. The minimum Gasteiger partial charge on any atom is -0.490 e. The van der Waals surface area contributed by atoms with E-state index in [2.05, 4.69) is 35.1 Å². The van der Waals surface area contributed by atoms with E-state index in [1.165, 1.54) is 5.56 Å². The molecule has 0 aliphatic heterocycles. The molecular weight excluding hydrogens is 294 g/mol. The van der Waals surface area contributed by atoms with Crippen molar-refractivity contribution in [1.29, 1.82) is 0 Å². The zero-order chi connectivity index (χ0) is 13.5. The van der Waals surface area contributed by atoms with Crippen molar-refractivity contribution in [2.24, 2.45) is 5.92 Å². The second kappa shape index (κ2) is 7.77. The summed E-state index contributed by atoms with van der Waals surface area (Å²) in [5.41, 5.74) is 1.21. The van der Waals surface area contributed by atoms with Gasteiger partial charge in [0.05, 0.1) is 10.6 Å². The van der Waals surface area contributed by atoms with Crippen molar-refractivity contribution in [2.75, 3.05) is 13.2 Å². The van der Waals surface area contributed by atoms with Crippen LogP contribution in [0, 0.1) is 5.92 Å². The van der Waals surface area contributed by atoms with Gasteiger partial charge in [0.15, 0.2) is 0 Å². The molecule has 1 aromatic carbocycles. The number of aliphatic hydroxyl groups excluding tert-OH is 1. The fourth-order valence-electron chi connectivity index (χ4n) is 1.49. The topological polar surface area (TPSA) is 41.5 Å². The van der Waals surface area contributed by atoms with Gasteiger partial charge in [-0.1, -0.05) is 19.9 Å². The maximum atomic E-state index is 9.18. The van der Waals surface area contributed by atoms with Crippen molar-refractivity contribution in [3.63, 3.8) is 0 Å². The van der Waals surface area contributed by atoms with Crippen LogP contribution in [0.1, 0.15) is 26.3 Å². The predicted molar refractivity (Wildman–Crippen MR) is 77.9 cm³/mol. The van der Waals surface area contributed by atoms with E-state index in [0.717, 1.165) is 23.3 Å². The molecule has 18 heavy (non-hydrogen) atoms. The monoisotopic (exact) mass is 315 g/mol. The maximum Gasteiger partial charge on any atom is 0.133 e. The van der Waals surface area contributed by atoms with Crippen LogP contribution >= 0.6 is 15.9 Å². The molecule has 1 aromatic rings. The third-order valence-corrected chi connectivity index (χ3v) is 2.98. The Morgan fingerprint density at radius 2 is 2.06 bits per heavy atom. The van der Waals surface area contributed by atoms with Gasteiger partial charge in [-0.3, -0.25) is 0 Å². The van der Waals surface area contributed by atoms with Crippen LogP contribution in [0.15, 0.2) is 22.7 Å².